The molecular weight excluding hydrogens is 346 g/mol. The molecule has 4 heteroatoms. The van der Waals surface area contributed by atoms with Crippen LogP contribution in [0, 0.1) is 0 Å². The Bertz CT molecular complexity index is 662. The second-order valence-electron chi connectivity index (χ2n) is 7.38. The molecule has 0 fully saturated rings. The van der Waals surface area contributed by atoms with E-state index in [0.717, 1.165) is 25.1 Å². The SMILES string of the molecule is CCCCN(CCCC)CCCNC(=O)C[n+]1ccc(-c2ccccc2)cc1. The average molecular weight is 383 g/mol. The van der Waals surface area contributed by atoms with Gasteiger partial charge in [-0.2, -0.15) is 4.57 Å². The third-order valence-electron chi connectivity index (χ3n) is 4.95. The second kappa shape index (κ2) is 13.1. The highest BCUT2D eigenvalue weighted by atomic mass is 16.1. The van der Waals surface area contributed by atoms with E-state index in [0.29, 0.717) is 6.54 Å². The highest BCUT2D eigenvalue weighted by Gasteiger charge is 2.10. The van der Waals surface area contributed by atoms with Crippen LogP contribution in [0.2, 0.25) is 0 Å². The van der Waals surface area contributed by atoms with Crippen molar-refractivity contribution in [2.24, 2.45) is 0 Å². The van der Waals surface area contributed by atoms with E-state index in [-0.39, 0.29) is 5.91 Å². The van der Waals surface area contributed by atoms with Crippen LogP contribution in [0.3, 0.4) is 0 Å². The molecular formula is C24H36N3O+. The Hall–Kier alpha value is -2.20. The molecule has 1 aromatic heterocycles. The van der Waals surface area contributed by atoms with E-state index in [1.807, 2.05) is 35.2 Å². The number of aromatic nitrogens is 1. The van der Waals surface area contributed by atoms with E-state index in [9.17, 15) is 4.79 Å². The number of carbonyl (C=O) groups is 1. The number of pyridine rings is 1. The van der Waals surface area contributed by atoms with Gasteiger partial charge in [0, 0.05) is 18.7 Å². The molecule has 28 heavy (non-hydrogen) atoms. The third-order valence-corrected chi connectivity index (χ3v) is 4.95. The van der Waals surface area contributed by atoms with Crippen LogP contribution in [0.15, 0.2) is 54.9 Å². The molecule has 2 aromatic rings. The van der Waals surface area contributed by atoms with Crippen molar-refractivity contribution in [2.75, 3.05) is 26.2 Å². The molecule has 0 radical (unpaired) electrons. The van der Waals surface area contributed by atoms with Gasteiger partial charge in [-0.3, -0.25) is 4.79 Å². The van der Waals surface area contributed by atoms with E-state index < -0.39 is 0 Å². The van der Waals surface area contributed by atoms with Crippen LogP contribution in [0.5, 0.6) is 0 Å². The monoisotopic (exact) mass is 382 g/mol. The Morgan fingerprint density at radius 1 is 0.857 bits per heavy atom. The van der Waals surface area contributed by atoms with Gasteiger partial charge >= 0.3 is 0 Å². The zero-order valence-corrected chi connectivity index (χ0v) is 17.6. The highest BCUT2D eigenvalue weighted by Crippen LogP contribution is 2.16. The van der Waals surface area contributed by atoms with Gasteiger partial charge in [0.1, 0.15) is 0 Å². The highest BCUT2D eigenvalue weighted by molar-refractivity contribution is 5.74. The Labute approximate surface area is 170 Å². The van der Waals surface area contributed by atoms with Gasteiger partial charge in [0.25, 0.3) is 5.91 Å². The molecule has 0 aliphatic rings. The first-order valence-corrected chi connectivity index (χ1v) is 10.8. The lowest BCUT2D eigenvalue weighted by atomic mass is 10.1. The van der Waals surface area contributed by atoms with Gasteiger partial charge in [0.05, 0.1) is 0 Å². The summed E-state index contributed by atoms with van der Waals surface area (Å²) in [5, 5.41) is 3.06. The molecule has 0 atom stereocenters. The van der Waals surface area contributed by atoms with E-state index in [4.69, 9.17) is 0 Å². The van der Waals surface area contributed by atoms with Crippen LogP contribution in [0.1, 0.15) is 46.0 Å². The lowest BCUT2D eigenvalue weighted by Crippen LogP contribution is -2.43. The van der Waals surface area contributed by atoms with E-state index >= 15 is 0 Å². The fourth-order valence-corrected chi connectivity index (χ4v) is 3.24. The molecule has 152 valence electrons. The number of benzene rings is 1. The average Bonchev–Trinajstić information content (AvgIpc) is 2.73. The Kier molecular flexibility index (Phi) is 10.3. The molecule has 2 rings (SSSR count). The minimum Gasteiger partial charge on any atom is -0.351 e. The van der Waals surface area contributed by atoms with Crippen molar-refractivity contribution in [2.45, 2.75) is 52.5 Å². The fraction of sp³-hybridized carbons (Fsp3) is 0.500. The number of nitrogens with one attached hydrogen (secondary N) is 1. The predicted octanol–water partition coefficient (Wildman–Crippen LogP) is 4.05. The molecule has 0 aliphatic carbocycles. The molecule has 0 spiro atoms. The summed E-state index contributed by atoms with van der Waals surface area (Å²) in [5.74, 6) is 0.0751. The van der Waals surface area contributed by atoms with Crippen LogP contribution in [-0.2, 0) is 11.3 Å². The lowest BCUT2D eigenvalue weighted by Gasteiger charge is -2.21. The third kappa shape index (κ3) is 8.22. The molecule has 4 nitrogen and oxygen atoms in total. The van der Waals surface area contributed by atoms with Gasteiger partial charge in [-0.25, -0.2) is 0 Å². The largest absolute Gasteiger partial charge is 0.351 e. The molecule has 0 bridgehead atoms. The number of hydrogen-bond acceptors (Lipinski definition) is 2. The van der Waals surface area contributed by atoms with Gasteiger partial charge in [-0.1, -0.05) is 57.0 Å². The molecule has 0 aliphatic heterocycles. The standard InChI is InChI=1S/C24H35N3O/c1-3-5-16-26(17-6-4-2)18-10-15-25-24(28)21-27-19-13-23(14-20-27)22-11-8-7-9-12-22/h7-9,11-14,19-20H,3-6,10,15-18,21H2,1-2H3/p+1. The van der Waals surface area contributed by atoms with Crippen LogP contribution in [-0.4, -0.2) is 37.0 Å². The van der Waals surface area contributed by atoms with Gasteiger partial charge in [-0.05, 0) is 50.0 Å². The maximum Gasteiger partial charge on any atom is 0.285 e. The summed E-state index contributed by atoms with van der Waals surface area (Å²) in [6.07, 6.45) is 9.94. The van der Waals surface area contributed by atoms with Crippen LogP contribution in [0.25, 0.3) is 11.1 Å². The summed E-state index contributed by atoms with van der Waals surface area (Å²) in [6.45, 7) is 9.01. The summed E-state index contributed by atoms with van der Waals surface area (Å²) < 4.78 is 1.93. The number of nitrogens with zero attached hydrogens (tertiary/aromatic N) is 2. The number of rotatable bonds is 13. The number of amides is 1. The second-order valence-corrected chi connectivity index (χ2v) is 7.38. The number of hydrogen-bond donors (Lipinski definition) is 1. The molecule has 1 amide bonds. The Morgan fingerprint density at radius 3 is 2.04 bits per heavy atom. The Morgan fingerprint density at radius 2 is 1.43 bits per heavy atom. The summed E-state index contributed by atoms with van der Waals surface area (Å²) in [4.78, 5) is 14.7. The molecule has 1 heterocycles. The van der Waals surface area contributed by atoms with E-state index in [2.05, 4.69) is 48.3 Å². The van der Waals surface area contributed by atoms with Crippen molar-refractivity contribution in [1.82, 2.24) is 10.2 Å². The smallest absolute Gasteiger partial charge is 0.285 e. The van der Waals surface area contributed by atoms with Gasteiger partial charge < -0.3 is 10.2 Å². The van der Waals surface area contributed by atoms with E-state index in [1.165, 1.54) is 44.3 Å². The van der Waals surface area contributed by atoms with Crippen molar-refractivity contribution in [3.05, 3.63) is 54.9 Å². The van der Waals surface area contributed by atoms with Crippen molar-refractivity contribution in [1.29, 1.82) is 0 Å². The fourth-order valence-electron chi connectivity index (χ4n) is 3.24. The van der Waals surface area contributed by atoms with Gasteiger partial charge in [0.15, 0.2) is 12.4 Å². The molecule has 0 saturated carbocycles. The maximum atomic E-state index is 12.2. The minimum atomic E-state index is 0.0751. The van der Waals surface area contributed by atoms with Crippen LogP contribution < -0.4 is 9.88 Å². The zero-order valence-electron chi connectivity index (χ0n) is 17.6. The van der Waals surface area contributed by atoms with Crippen molar-refractivity contribution < 1.29 is 9.36 Å². The summed E-state index contributed by atoms with van der Waals surface area (Å²) >= 11 is 0. The van der Waals surface area contributed by atoms with Crippen molar-refractivity contribution >= 4 is 5.91 Å². The van der Waals surface area contributed by atoms with Crippen LogP contribution in [0.4, 0.5) is 0 Å². The predicted molar refractivity (Wildman–Crippen MR) is 116 cm³/mol. The van der Waals surface area contributed by atoms with Crippen LogP contribution >= 0.6 is 0 Å². The van der Waals surface area contributed by atoms with Gasteiger partial charge in [-0.15, -0.1) is 0 Å². The molecule has 1 aromatic carbocycles. The number of unbranched alkanes of at least 4 members (excludes halogenated alkanes) is 2. The van der Waals surface area contributed by atoms with E-state index in [1.54, 1.807) is 0 Å². The summed E-state index contributed by atoms with van der Waals surface area (Å²) in [7, 11) is 0. The first-order chi connectivity index (χ1) is 13.7. The van der Waals surface area contributed by atoms with Gasteiger partial charge in [0.2, 0.25) is 6.54 Å². The molecule has 0 saturated heterocycles. The molecule has 0 unspecified atom stereocenters. The quantitative estimate of drug-likeness (QED) is 0.419. The topological polar surface area (TPSA) is 36.2 Å². The first-order valence-electron chi connectivity index (χ1n) is 10.8. The summed E-state index contributed by atoms with van der Waals surface area (Å²) in [6, 6.07) is 14.4. The normalized spacial score (nSPS) is 11.0. The molecule has 1 N–H and O–H groups in total. The van der Waals surface area contributed by atoms with Crippen molar-refractivity contribution in [3.8, 4) is 11.1 Å². The summed E-state index contributed by atoms with van der Waals surface area (Å²) in [5.41, 5.74) is 2.35. The minimum absolute atomic E-state index is 0.0751. The maximum absolute atomic E-state index is 12.2. The zero-order chi connectivity index (χ0) is 20.0. The first kappa shape index (κ1) is 22.1. The number of carbonyl (C=O) groups excluding carboxylic acids is 1. The Balaban J connectivity index is 1.70. The lowest BCUT2D eigenvalue weighted by molar-refractivity contribution is -0.684. The van der Waals surface area contributed by atoms with Crippen molar-refractivity contribution in [3.63, 3.8) is 0 Å².